The number of rotatable bonds is 4. The summed E-state index contributed by atoms with van der Waals surface area (Å²) in [5, 5.41) is 12.1. The Labute approximate surface area is 186 Å². The van der Waals surface area contributed by atoms with E-state index in [1.807, 2.05) is 35.4 Å². The van der Waals surface area contributed by atoms with Gasteiger partial charge in [-0.2, -0.15) is 13.2 Å². The number of carbonyl (C=O) groups excluding carboxylic acids is 2. The highest BCUT2D eigenvalue weighted by Gasteiger charge is 2.61. The van der Waals surface area contributed by atoms with E-state index in [1.54, 1.807) is 12.4 Å². The van der Waals surface area contributed by atoms with Crippen molar-refractivity contribution in [1.82, 2.24) is 15.2 Å². The molecular formula is C21H22F3N3O4S. The lowest BCUT2D eigenvalue weighted by Crippen LogP contribution is -2.31. The molecular weight excluding hydrogens is 447 g/mol. The molecule has 1 spiro atoms. The predicted molar refractivity (Wildman–Crippen MR) is 110 cm³/mol. The minimum absolute atomic E-state index is 0.000153. The van der Waals surface area contributed by atoms with Gasteiger partial charge in [0.2, 0.25) is 5.91 Å². The Morgan fingerprint density at radius 3 is 2.62 bits per heavy atom. The first-order valence-electron chi connectivity index (χ1n) is 9.83. The number of aryl methyl sites for hydroxylation is 1. The number of amides is 2. The van der Waals surface area contributed by atoms with Crippen LogP contribution in [0.3, 0.4) is 0 Å². The number of hydrogen-bond donors (Lipinski definition) is 2. The van der Waals surface area contributed by atoms with Crippen LogP contribution in [0.4, 0.5) is 13.2 Å². The summed E-state index contributed by atoms with van der Waals surface area (Å²) < 4.78 is 31.7. The Balaban J connectivity index is 0.000000360. The summed E-state index contributed by atoms with van der Waals surface area (Å²) in [7, 11) is 0. The molecule has 2 atom stereocenters. The van der Waals surface area contributed by atoms with Crippen molar-refractivity contribution < 1.29 is 32.7 Å². The third kappa shape index (κ3) is 5.45. The van der Waals surface area contributed by atoms with Crippen LogP contribution in [0.2, 0.25) is 0 Å². The van der Waals surface area contributed by atoms with Gasteiger partial charge in [0, 0.05) is 43.4 Å². The smallest absolute Gasteiger partial charge is 0.475 e. The molecule has 1 saturated carbocycles. The first-order valence-corrected chi connectivity index (χ1v) is 10.7. The molecule has 2 unspecified atom stereocenters. The highest BCUT2D eigenvalue weighted by atomic mass is 32.1. The fourth-order valence-electron chi connectivity index (χ4n) is 3.79. The van der Waals surface area contributed by atoms with Crippen LogP contribution in [0.15, 0.2) is 36.0 Å². The van der Waals surface area contributed by atoms with E-state index in [4.69, 9.17) is 9.90 Å². The van der Waals surface area contributed by atoms with Crippen molar-refractivity contribution in [3.63, 3.8) is 0 Å². The number of carbonyl (C=O) groups is 3. The molecule has 2 amide bonds. The summed E-state index contributed by atoms with van der Waals surface area (Å²) in [5.74, 6) is -2.50. The third-order valence-electron chi connectivity index (χ3n) is 5.67. The van der Waals surface area contributed by atoms with Gasteiger partial charge >= 0.3 is 12.1 Å². The molecule has 3 heterocycles. The standard InChI is InChI=1S/C19H21N3O2S.C2HF3O2/c1-13-4-8-25-16(13)18(24)22-7-5-19(12-22)9-15(19)17(23)21-11-14-3-2-6-20-10-14;3-2(4,5)1(6)7/h2-4,6,8,10,15H,5,7,9,11-12H2,1H3,(H,21,23);(H,6,7). The van der Waals surface area contributed by atoms with E-state index >= 15 is 0 Å². The Bertz CT molecular complexity index is 996. The van der Waals surface area contributed by atoms with E-state index in [1.165, 1.54) is 11.3 Å². The lowest BCUT2D eigenvalue weighted by molar-refractivity contribution is -0.192. The zero-order chi connectivity index (χ0) is 23.5. The molecule has 172 valence electrons. The molecule has 1 aliphatic heterocycles. The molecule has 32 heavy (non-hydrogen) atoms. The summed E-state index contributed by atoms with van der Waals surface area (Å²) in [4.78, 5) is 40.8. The van der Waals surface area contributed by atoms with Crippen molar-refractivity contribution in [3.8, 4) is 0 Å². The van der Waals surface area contributed by atoms with Crippen LogP contribution in [0, 0.1) is 18.3 Å². The Morgan fingerprint density at radius 2 is 2.06 bits per heavy atom. The lowest BCUT2D eigenvalue weighted by Gasteiger charge is -2.16. The number of hydrogen-bond acceptors (Lipinski definition) is 5. The first kappa shape index (κ1) is 23.7. The number of aromatic nitrogens is 1. The van der Waals surface area contributed by atoms with Gasteiger partial charge in [-0.15, -0.1) is 11.3 Å². The van der Waals surface area contributed by atoms with Gasteiger partial charge in [0.1, 0.15) is 0 Å². The van der Waals surface area contributed by atoms with Crippen LogP contribution in [-0.4, -0.2) is 52.0 Å². The van der Waals surface area contributed by atoms with Crippen LogP contribution in [0.1, 0.15) is 33.6 Å². The van der Waals surface area contributed by atoms with Gasteiger partial charge in [-0.05, 0) is 48.4 Å². The lowest BCUT2D eigenvalue weighted by atomic mass is 10.0. The monoisotopic (exact) mass is 469 g/mol. The molecule has 0 radical (unpaired) electrons. The predicted octanol–water partition coefficient (Wildman–Crippen LogP) is 3.25. The normalized spacial score (nSPS) is 21.6. The van der Waals surface area contributed by atoms with E-state index in [9.17, 15) is 22.8 Å². The number of carboxylic acids is 1. The van der Waals surface area contributed by atoms with Gasteiger partial charge in [-0.3, -0.25) is 14.6 Å². The number of nitrogens with one attached hydrogen (secondary N) is 1. The highest BCUT2D eigenvalue weighted by molar-refractivity contribution is 7.12. The largest absolute Gasteiger partial charge is 0.490 e. The molecule has 2 aliphatic rings. The number of pyridine rings is 1. The molecule has 2 aromatic heterocycles. The second-order valence-electron chi connectivity index (χ2n) is 7.91. The number of nitrogens with zero attached hydrogens (tertiary/aromatic N) is 2. The van der Waals surface area contributed by atoms with Gasteiger partial charge in [-0.25, -0.2) is 4.79 Å². The first-order chi connectivity index (χ1) is 15.0. The molecule has 2 aromatic rings. The molecule has 2 fully saturated rings. The average Bonchev–Trinajstić information content (AvgIpc) is 3.05. The number of carboxylic acid groups (broad SMARTS) is 1. The number of thiophene rings is 1. The van der Waals surface area contributed by atoms with Crippen LogP contribution < -0.4 is 5.32 Å². The summed E-state index contributed by atoms with van der Waals surface area (Å²) in [6, 6.07) is 5.80. The Morgan fingerprint density at radius 1 is 1.34 bits per heavy atom. The maximum atomic E-state index is 12.7. The highest BCUT2D eigenvalue weighted by Crippen LogP contribution is 2.58. The minimum atomic E-state index is -5.08. The molecule has 0 bridgehead atoms. The van der Waals surface area contributed by atoms with Gasteiger partial charge in [-0.1, -0.05) is 6.07 Å². The third-order valence-corrected chi connectivity index (χ3v) is 6.67. The van der Waals surface area contributed by atoms with Gasteiger partial charge < -0.3 is 15.3 Å². The minimum Gasteiger partial charge on any atom is -0.475 e. The molecule has 2 N–H and O–H groups in total. The number of aliphatic carboxylic acids is 1. The summed E-state index contributed by atoms with van der Waals surface area (Å²) in [6.45, 7) is 3.94. The van der Waals surface area contributed by atoms with Crippen molar-refractivity contribution in [2.75, 3.05) is 13.1 Å². The van der Waals surface area contributed by atoms with Crippen LogP contribution in [0.25, 0.3) is 0 Å². The second-order valence-corrected chi connectivity index (χ2v) is 8.83. The Hall–Kier alpha value is -2.95. The van der Waals surface area contributed by atoms with Crippen molar-refractivity contribution in [1.29, 1.82) is 0 Å². The maximum absolute atomic E-state index is 12.7. The zero-order valence-electron chi connectivity index (χ0n) is 17.2. The number of alkyl halides is 3. The van der Waals surface area contributed by atoms with Gasteiger partial charge in [0.15, 0.2) is 0 Å². The van der Waals surface area contributed by atoms with Gasteiger partial charge in [0.25, 0.3) is 5.91 Å². The molecule has 0 aromatic carbocycles. The quantitative estimate of drug-likeness (QED) is 0.716. The van der Waals surface area contributed by atoms with Crippen molar-refractivity contribution in [2.45, 2.75) is 32.5 Å². The van der Waals surface area contributed by atoms with E-state index in [0.29, 0.717) is 13.1 Å². The fourth-order valence-corrected chi connectivity index (χ4v) is 4.68. The summed E-state index contributed by atoms with van der Waals surface area (Å²) in [6.07, 6.45) is 0.218. The topological polar surface area (TPSA) is 99.6 Å². The molecule has 7 nitrogen and oxygen atoms in total. The van der Waals surface area contributed by atoms with Crippen molar-refractivity contribution in [3.05, 3.63) is 52.0 Å². The number of likely N-dealkylation sites (tertiary alicyclic amines) is 1. The molecule has 1 aliphatic carbocycles. The maximum Gasteiger partial charge on any atom is 0.490 e. The van der Waals surface area contributed by atoms with Crippen molar-refractivity contribution in [2.24, 2.45) is 11.3 Å². The zero-order valence-corrected chi connectivity index (χ0v) is 18.0. The fraction of sp³-hybridized carbons (Fsp3) is 0.429. The Kier molecular flexibility index (Phi) is 6.87. The molecule has 4 rings (SSSR count). The SMILES string of the molecule is Cc1ccsc1C(=O)N1CCC2(CC2C(=O)NCc2cccnc2)C1.O=C(O)C(F)(F)F. The van der Waals surface area contributed by atoms with Crippen LogP contribution in [-0.2, 0) is 16.1 Å². The van der Waals surface area contributed by atoms with E-state index in [0.717, 1.165) is 35.4 Å². The van der Waals surface area contributed by atoms with E-state index in [-0.39, 0.29) is 23.1 Å². The number of halogens is 3. The molecule has 1 saturated heterocycles. The summed E-state index contributed by atoms with van der Waals surface area (Å²) >= 11 is 1.50. The van der Waals surface area contributed by atoms with Gasteiger partial charge in [0.05, 0.1) is 4.88 Å². The van der Waals surface area contributed by atoms with Crippen LogP contribution in [0.5, 0.6) is 0 Å². The van der Waals surface area contributed by atoms with Crippen LogP contribution >= 0.6 is 11.3 Å². The molecule has 11 heteroatoms. The summed E-state index contributed by atoms with van der Waals surface area (Å²) in [5.41, 5.74) is 2.04. The van der Waals surface area contributed by atoms with E-state index in [2.05, 4.69) is 10.3 Å². The van der Waals surface area contributed by atoms with E-state index < -0.39 is 12.1 Å². The average molecular weight is 469 g/mol. The van der Waals surface area contributed by atoms with Crippen molar-refractivity contribution >= 4 is 29.1 Å². The second kappa shape index (κ2) is 9.27.